The summed E-state index contributed by atoms with van der Waals surface area (Å²) in [6, 6.07) is 10.2. The Morgan fingerprint density at radius 3 is 2.59 bits per heavy atom. The molecule has 1 aromatic heterocycles. The number of aromatic nitrogens is 1. The summed E-state index contributed by atoms with van der Waals surface area (Å²) in [5, 5.41) is 17.1. The number of thiazole rings is 1. The lowest BCUT2D eigenvalue weighted by atomic mass is 9.90. The molecule has 3 atom stereocenters. The molecular formula is C30H35N3O5S. The van der Waals surface area contributed by atoms with Crippen molar-refractivity contribution >= 4 is 39.9 Å². The van der Waals surface area contributed by atoms with E-state index < -0.39 is 12.0 Å². The Kier molecular flexibility index (Phi) is 8.28. The fourth-order valence-electron chi connectivity index (χ4n) is 5.65. The van der Waals surface area contributed by atoms with Crippen LogP contribution in [0.15, 0.2) is 41.8 Å². The van der Waals surface area contributed by atoms with Gasteiger partial charge in [-0.25, -0.2) is 9.78 Å². The van der Waals surface area contributed by atoms with Gasteiger partial charge >= 0.3 is 5.97 Å². The normalized spacial score (nSPS) is 19.6. The van der Waals surface area contributed by atoms with Crippen LogP contribution in [0, 0.1) is 11.8 Å². The van der Waals surface area contributed by atoms with Gasteiger partial charge in [0, 0.05) is 36.6 Å². The molecule has 0 unspecified atom stereocenters. The van der Waals surface area contributed by atoms with E-state index in [4.69, 9.17) is 9.72 Å². The zero-order valence-electron chi connectivity index (χ0n) is 22.4. The van der Waals surface area contributed by atoms with Crippen molar-refractivity contribution in [2.45, 2.75) is 58.0 Å². The minimum Gasteiger partial charge on any atom is -0.478 e. The second kappa shape index (κ2) is 11.8. The van der Waals surface area contributed by atoms with Gasteiger partial charge in [-0.3, -0.25) is 9.59 Å². The van der Waals surface area contributed by atoms with Crippen LogP contribution in [-0.4, -0.2) is 58.6 Å². The molecule has 2 aliphatic heterocycles. The monoisotopic (exact) mass is 549 g/mol. The summed E-state index contributed by atoms with van der Waals surface area (Å²) in [5.41, 5.74) is 1.90. The summed E-state index contributed by atoms with van der Waals surface area (Å²) in [7, 11) is 0. The molecule has 2 aliphatic rings. The molecule has 0 spiro atoms. The van der Waals surface area contributed by atoms with E-state index in [0.717, 1.165) is 53.8 Å². The molecule has 9 heteroatoms. The van der Waals surface area contributed by atoms with Crippen molar-refractivity contribution in [1.82, 2.24) is 15.2 Å². The van der Waals surface area contributed by atoms with Crippen LogP contribution >= 0.6 is 11.3 Å². The predicted octanol–water partition coefficient (Wildman–Crippen LogP) is 5.28. The van der Waals surface area contributed by atoms with Crippen LogP contribution in [0.4, 0.5) is 0 Å². The van der Waals surface area contributed by atoms with Gasteiger partial charge in [0.1, 0.15) is 11.0 Å². The summed E-state index contributed by atoms with van der Waals surface area (Å²) < 4.78 is 5.54. The molecule has 0 radical (unpaired) electrons. The summed E-state index contributed by atoms with van der Waals surface area (Å²) in [5.74, 6) is -1.18. The maximum atomic E-state index is 14.0. The number of carboxylic acids is 1. The average molecular weight is 550 g/mol. The molecule has 0 bridgehead atoms. The number of nitrogens with zero attached hydrogens (tertiary/aromatic N) is 2. The number of fused-ring (bicyclic) bond motifs is 1. The first-order valence-electron chi connectivity index (χ1n) is 13.8. The van der Waals surface area contributed by atoms with Crippen LogP contribution in [0.5, 0.6) is 0 Å². The molecule has 2 fully saturated rings. The maximum absolute atomic E-state index is 14.0. The van der Waals surface area contributed by atoms with Crippen LogP contribution in [0.2, 0.25) is 0 Å². The van der Waals surface area contributed by atoms with Crippen molar-refractivity contribution in [2.75, 3.05) is 19.8 Å². The number of carbonyl (C=O) groups is 3. The number of hydrogen-bond donors (Lipinski definition) is 2. The third-order valence-electron chi connectivity index (χ3n) is 8.13. The van der Waals surface area contributed by atoms with E-state index in [1.807, 2.05) is 54.5 Å². The number of carboxylic acid groups (broad SMARTS) is 1. The van der Waals surface area contributed by atoms with Gasteiger partial charge in [0.15, 0.2) is 0 Å². The Labute approximate surface area is 232 Å². The smallest absolute Gasteiger partial charge is 0.336 e. The highest BCUT2D eigenvalue weighted by atomic mass is 32.1. The minimum absolute atomic E-state index is 0.0333. The largest absolute Gasteiger partial charge is 0.478 e. The fraction of sp³-hybridized carbons (Fsp3) is 0.467. The number of rotatable bonds is 8. The number of aromatic carboxylic acids is 1. The van der Waals surface area contributed by atoms with Crippen molar-refractivity contribution in [3.63, 3.8) is 0 Å². The average Bonchev–Trinajstić information content (AvgIpc) is 3.65. The second-order valence-electron chi connectivity index (χ2n) is 10.5. The first-order valence-corrected chi connectivity index (χ1v) is 14.7. The molecule has 0 aliphatic carbocycles. The van der Waals surface area contributed by atoms with Crippen molar-refractivity contribution in [3.8, 4) is 11.3 Å². The summed E-state index contributed by atoms with van der Waals surface area (Å²) in [6.45, 7) is 5.70. The number of ether oxygens (including phenoxy) is 1. The quantitative estimate of drug-likeness (QED) is 0.396. The van der Waals surface area contributed by atoms with Crippen LogP contribution in [0.25, 0.3) is 22.0 Å². The molecular weight excluding hydrogens is 514 g/mol. The summed E-state index contributed by atoms with van der Waals surface area (Å²) >= 11 is 1.52. The predicted molar refractivity (Wildman–Crippen MR) is 151 cm³/mol. The maximum Gasteiger partial charge on any atom is 0.336 e. The molecule has 2 amide bonds. The lowest BCUT2D eigenvalue weighted by Gasteiger charge is -2.35. The zero-order chi connectivity index (χ0) is 27.5. The highest BCUT2D eigenvalue weighted by molar-refractivity contribution is 7.10. The fourth-order valence-corrected chi connectivity index (χ4v) is 6.62. The van der Waals surface area contributed by atoms with E-state index >= 15 is 0 Å². The Morgan fingerprint density at radius 1 is 1.13 bits per heavy atom. The molecule has 2 aromatic carbocycles. The van der Waals surface area contributed by atoms with Crippen molar-refractivity contribution in [1.29, 1.82) is 0 Å². The second-order valence-corrected chi connectivity index (χ2v) is 11.4. The molecule has 2 N–H and O–H groups in total. The van der Waals surface area contributed by atoms with Gasteiger partial charge in [-0.05, 0) is 54.9 Å². The molecule has 3 heterocycles. The Morgan fingerprint density at radius 2 is 1.87 bits per heavy atom. The Hall–Kier alpha value is -3.30. The SMILES string of the molecule is CC[C@@H](C)C(=O)N[C@H](C(=O)N1CCC[C@H]1c1nc(-c2ccc(C(=O)O)c3ccccc23)cs1)C1CCOCC1. The molecule has 3 aromatic rings. The molecule has 5 rings (SSSR count). The number of likely N-dealkylation sites (tertiary alicyclic amines) is 1. The van der Waals surface area contributed by atoms with Crippen LogP contribution in [0.1, 0.15) is 67.4 Å². The Bertz CT molecular complexity index is 1370. The summed E-state index contributed by atoms with van der Waals surface area (Å²) in [6.07, 6.45) is 3.91. The number of benzene rings is 2. The lowest BCUT2D eigenvalue weighted by molar-refractivity contribution is -0.140. The van der Waals surface area contributed by atoms with Crippen molar-refractivity contribution < 1.29 is 24.2 Å². The van der Waals surface area contributed by atoms with E-state index in [0.29, 0.717) is 25.1 Å². The van der Waals surface area contributed by atoms with Crippen LogP contribution in [0.3, 0.4) is 0 Å². The van der Waals surface area contributed by atoms with Crippen LogP contribution in [-0.2, 0) is 14.3 Å². The summed E-state index contributed by atoms with van der Waals surface area (Å²) in [4.78, 5) is 45.5. The Balaban J connectivity index is 1.42. The molecule has 206 valence electrons. The molecule has 8 nitrogen and oxygen atoms in total. The van der Waals surface area contributed by atoms with E-state index in [1.165, 1.54) is 11.3 Å². The van der Waals surface area contributed by atoms with Crippen molar-refractivity contribution in [3.05, 3.63) is 52.3 Å². The zero-order valence-corrected chi connectivity index (χ0v) is 23.2. The molecule has 0 saturated carbocycles. The van der Waals surface area contributed by atoms with Gasteiger partial charge in [0.25, 0.3) is 0 Å². The van der Waals surface area contributed by atoms with E-state index in [-0.39, 0.29) is 35.3 Å². The highest BCUT2D eigenvalue weighted by Gasteiger charge is 2.40. The lowest BCUT2D eigenvalue weighted by Crippen LogP contribution is -2.54. The number of nitrogens with one attached hydrogen (secondary N) is 1. The highest BCUT2D eigenvalue weighted by Crippen LogP contribution is 2.38. The minimum atomic E-state index is -0.962. The number of carbonyl (C=O) groups excluding carboxylic acids is 2. The third-order valence-corrected chi connectivity index (χ3v) is 9.08. The molecule has 2 saturated heterocycles. The van der Waals surface area contributed by atoms with Crippen LogP contribution < -0.4 is 5.32 Å². The number of amides is 2. The van der Waals surface area contributed by atoms with Gasteiger partial charge in [0.2, 0.25) is 11.8 Å². The van der Waals surface area contributed by atoms with Gasteiger partial charge in [0.05, 0.1) is 17.3 Å². The first kappa shape index (κ1) is 27.3. The topological polar surface area (TPSA) is 109 Å². The van der Waals surface area contributed by atoms with E-state index in [1.54, 1.807) is 6.07 Å². The van der Waals surface area contributed by atoms with Crippen molar-refractivity contribution in [2.24, 2.45) is 11.8 Å². The first-order chi connectivity index (χ1) is 18.9. The van der Waals surface area contributed by atoms with Gasteiger partial charge in [-0.15, -0.1) is 11.3 Å². The van der Waals surface area contributed by atoms with Gasteiger partial charge in [-0.2, -0.15) is 0 Å². The number of hydrogen-bond acceptors (Lipinski definition) is 6. The molecule has 39 heavy (non-hydrogen) atoms. The van der Waals surface area contributed by atoms with E-state index in [9.17, 15) is 19.5 Å². The van der Waals surface area contributed by atoms with Gasteiger partial charge in [-0.1, -0.05) is 44.2 Å². The standard InChI is InChI=1S/C30H35N3O5S/c1-3-18(2)27(34)32-26(19-12-15-38-16-13-19)29(35)33-14-6-9-25(33)28-31-24(17-39-28)22-10-11-23(30(36)37)21-8-5-4-7-20(21)22/h4-5,7-8,10-11,17-19,25-26H,3,6,9,12-16H2,1-2H3,(H,32,34)(H,36,37)/t18-,25+,26+/m1/s1. The van der Waals surface area contributed by atoms with E-state index in [2.05, 4.69) is 5.32 Å². The van der Waals surface area contributed by atoms with Gasteiger partial charge < -0.3 is 20.1 Å². The third kappa shape index (κ3) is 5.56.